The molecule has 7 heteroatoms. The van der Waals surface area contributed by atoms with Crippen molar-refractivity contribution in [1.29, 1.82) is 0 Å². The van der Waals surface area contributed by atoms with E-state index in [0.717, 1.165) is 31.9 Å². The molecule has 1 fully saturated rings. The van der Waals surface area contributed by atoms with Crippen molar-refractivity contribution >= 4 is 42.9 Å². The number of piperazine rings is 1. The SMILES string of the molecule is COc1ccc(N(CCCCCCCN2CCNCC2)Cc2ccccc2)cc1.Cl.Cl.Cl. The summed E-state index contributed by atoms with van der Waals surface area (Å²) < 4.78 is 5.32. The highest BCUT2D eigenvalue weighted by atomic mass is 35.5. The number of halogens is 3. The van der Waals surface area contributed by atoms with Crippen LogP contribution in [0.2, 0.25) is 0 Å². The Morgan fingerprint density at radius 3 is 2.09 bits per heavy atom. The van der Waals surface area contributed by atoms with Gasteiger partial charge in [-0.05, 0) is 49.2 Å². The molecule has 0 amide bonds. The molecule has 1 heterocycles. The van der Waals surface area contributed by atoms with E-state index >= 15 is 0 Å². The first-order valence-electron chi connectivity index (χ1n) is 11.2. The number of ether oxygens (including phenoxy) is 1. The number of nitrogens with one attached hydrogen (secondary N) is 1. The molecule has 2 aromatic carbocycles. The molecule has 0 saturated carbocycles. The Labute approximate surface area is 213 Å². The van der Waals surface area contributed by atoms with Gasteiger partial charge < -0.3 is 19.9 Å². The van der Waals surface area contributed by atoms with Crippen molar-refractivity contribution in [3.63, 3.8) is 0 Å². The first kappa shape index (κ1) is 30.8. The van der Waals surface area contributed by atoms with Crippen molar-refractivity contribution in [3.05, 3.63) is 60.2 Å². The molecule has 1 aliphatic heterocycles. The van der Waals surface area contributed by atoms with Gasteiger partial charge in [0.25, 0.3) is 0 Å². The van der Waals surface area contributed by atoms with E-state index in [2.05, 4.69) is 69.7 Å². The molecule has 0 atom stereocenters. The monoisotopic (exact) mass is 503 g/mol. The molecule has 0 bridgehead atoms. The number of benzene rings is 2. The van der Waals surface area contributed by atoms with Gasteiger partial charge in [-0.25, -0.2) is 0 Å². The zero-order valence-electron chi connectivity index (χ0n) is 19.2. The van der Waals surface area contributed by atoms with Gasteiger partial charge in [0, 0.05) is 45.0 Å². The summed E-state index contributed by atoms with van der Waals surface area (Å²) in [5, 5.41) is 3.43. The molecule has 4 nitrogen and oxygen atoms in total. The highest BCUT2D eigenvalue weighted by Gasteiger charge is 2.09. The lowest BCUT2D eigenvalue weighted by molar-refractivity contribution is 0.236. The summed E-state index contributed by atoms with van der Waals surface area (Å²) in [5.74, 6) is 0.915. The van der Waals surface area contributed by atoms with Crippen LogP contribution in [-0.2, 0) is 6.54 Å². The third-order valence-electron chi connectivity index (χ3n) is 5.77. The van der Waals surface area contributed by atoms with Crippen LogP contribution in [0.3, 0.4) is 0 Å². The maximum absolute atomic E-state index is 5.32. The van der Waals surface area contributed by atoms with E-state index < -0.39 is 0 Å². The first-order valence-corrected chi connectivity index (χ1v) is 11.2. The zero-order valence-corrected chi connectivity index (χ0v) is 21.7. The predicted molar refractivity (Wildman–Crippen MR) is 145 cm³/mol. The maximum Gasteiger partial charge on any atom is 0.119 e. The van der Waals surface area contributed by atoms with Gasteiger partial charge >= 0.3 is 0 Å². The third kappa shape index (κ3) is 11.1. The minimum Gasteiger partial charge on any atom is -0.497 e. The number of hydrogen-bond acceptors (Lipinski definition) is 4. The standard InChI is InChI=1S/C25H37N3O.3ClH/c1-29-25-14-12-24(13-15-25)28(22-23-10-6-5-7-11-23)19-9-4-2-3-8-18-27-20-16-26-17-21-27;;;/h5-7,10-15,26H,2-4,8-9,16-22H2,1H3;3*1H. The Bertz CT molecular complexity index is 683. The number of rotatable bonds is 12. The summed E-state index contributed by atoms with van der Waals surface area (Å²) in [6, 6.07) is 19.2. The fourth-order valence-electron chi connectivity index (χ4n) is 4.00. The van der Waals surface area contributed by atoms with Gasteiger partial charge in [-0.1, -0.05) is 49.6 Å². The highest BCUT2D eigenvalue weighted by Crippen LogP contribution is 2.22. The Morgan fingerprint density at radius 1 is 0.812 bits per heavy atom. The second-order valence-electron chi connectivity index (χ2n) is 7.96. The minimum atomic E-state index is 0. The summed E-state index contributed by atoms with van der Waals surface area (Å²) in [4.78, 5) is 5.09. The molecule has 2 aromatic rings. The lowest BCUT2D eigenvalue weighted by Gasteiger charge is -2.27. The molecule has 0 aromatic heterocycles. The van der Waals surface area contributed by atoms with Crippen LogP contribution in [-0.4, -0.2) is 51.3 Å². The molecular formula is C25H40Cl3N3O. The van der Waals surface area contributed by atoms with Crippen molar-refractivity contribution in [2.45, 2.75) is 38.6 Å². The topological polar surface area (TPSA) is 27.7 Å². The summed E-state index contributed by atoms with van der Waals surface area (Å²) in [6.07, 6.45) is 6.58. The maximum atomic E-state index is 5.32. The van der Waals surface area contributed by atoms with Crippen LogP contribution in [0.5, 0.6) is 5.75 Å². The van der Waals surface area contributed by atoms with Gasteiger partial charge in [0.1, 0.15) is 5.75 Å². The van der Waals surface area contributed by atoms with Gasteiger partial charge in [-0.2, -0.15) is 0 Å². The molecule has 32 heavy (non-hydrogen) atoms. The minimum absolute atomic E-state index is 0. The predicted octanol–water partition coefficient (Wildman–Crippen LogP) is 5.82. The lowest BCUT2D eigenvalue weighted by atomic mass is 10.1. The normalized spacial score (nSPS) is 13.3. The Hall–Kier alpha value is -1.17. The molecule has 3 rings (SSSR count). The highest BCUT2D eigenvalue weighted by molar-refractivity contribution is 5.86. The summed E-state index contributed by atoms with van der Waals surface area (Å²) >= 11 is 0. The van der Waals surface area contributed by atoms with Gasteiger partial charge in [-0.15, -0.1) is 37.2 Å². The Morgan fingerprint density at radius 2 is 1.44 bits per heavy atom. The summed E-state index contributed by atoms with van der Waals surface area (Å²) in [6.45, 7) is 8.07. The number of hydrogen-bond donors (Lipinski definition) is 1. The lowest BCUT2D eigenvalue weighted by Crippen LogP contribution is -2.43. The van der Waals surface area contributed by atoms with E-state index in [1.54, 1.807) is 7.11 Å². The Balaban J connectivity index is 0.00000320. The smallest absolute Gasteiger partial charge is 0.119 e. The van der Waals surface area contributed by atoms with Crippen molar-refractivity contribution in [3.8, 4) is 5.75 Å². The van der Waals surface area contributed by atoms with Crippen molar-refractivity contribution in [1.82, 2.24) is 10.2 Å². The molecule has 1 aliphatic rings. The molecule has 0 spiro atoms. The molecule has 1 N–H and O–H groups in total. The van der Waals surface area contributed by atoms with Crippen molar-refractivity contribution in [2.24, 2.45) is 0 Å². The van der Waals surface area contributed by atoms with Gasteiger partial charge in [0.05, 0.1) is 7.11 Å². The number of nitrogens with zero attached hydrogens (tertiary/aromatic N) is 2. The van der Waals surface area contributed by atoms with Crippen LogP contribution >= 0.6 is 37.2 Å². The fraction of sp³-hybridized carbons (Fsp3) is 0.520. The van der Waals surface area contributed by atoms with E-state index in [0.29, 0.717) is 0 Å². The van der Waals surface area contributed by atoms with E-state index in [-0.39, 0.29) is 37.2 Å². The largest absolute Gasteiger partial charge is 0.497 e. The second kappa shape index (κ2) is 18.3. The molecule has 0 aliphatic carbocycles. The van der Waals surface area contributed by atoms with Crippen LogP contribution in [0.15, 0.2) is 54.6 Å². The quantitative estimate of drug-likeness (QED) is 0.368. The van der Waals surface area contributed by atoms with Crippen molar-refractivity contribution in [2.75, 3.05) is 51.3 Å². The van der Waals surface area contributed by atoms with Crippen LogP contribution in [0, 0.1) is 0 Å². The molecular weight excluding hydrogens is 465 g/mol. The van der Waals surface area contributed by atoms with Crippen molar-refractivity contribution < 1.29 is 4.74 Å². The molecule has 182 valence electrons. The fourth-order valence-corrected chi connectivity index (χ4v) is 4.00. The van der Waals surface area contributed by atoms with Crippen LogP contribution in [0.1, 0.15) is 37.7 Å². The first-order chi connectivity index (χ1) is 14.3. The van der Waals surface area contributed by atoms with E-state index in [1.807, 2.05) is 0 Å². The average Bonchev–Trinajstić information content (AvgIpc) is 2.79. The van der Waals surface area contributed by atoms with E-state index in [1.165, 1.54) is 63.0 Å². The summed E-state index contributed by atoms with van der Waals surface area (Å²) in [7, 11) is 1.72. The van der Waals surface area contributed by atoms with Gasteiger partial charge in [0.15, 0.2) is 0 Å². The Kier molecular flexibility index (Phi) is 17.6. The molecule has 1 saturated heterocycles. The van der Waals surface area contributed by atoms with E-state index in [9.17, 15) is 0 Å². The van der Waals surface area contributed by atoms with Crippen LogP contribution < -0.4 is 15.0 Å². The number of unbranched alkanes of at least 4 members (excludes halogenated alkanes) is 4. The van der Waals surface area contributed by atoms with E-state index in [4.69, 9.17) is 4.74 Å². The number of anilines is 1. The van der Waals surface area contributed by atoms with Crippen LogP contribution in [0.4, 0.5) is 5.69 Å². The average molecular weight is 505 g/mol. The van der Waals surface area contributed by atoms with Gasteiger partial charge in [-0.3, -0.25) is 0 Å². The zero-order chi connectivity index (χ0) is 20.2. The third-order valence-corrected chi connectivity index (χ3v) is 5.77. The molecule has 0 radical (unpaired) electrons. The molecule has 0 unspecified atom stereocenters. The summed E-state index contributed by atoms with van der Waals surface area (Å²) in [5.41, 5.74) is 2.63. The number of methoxy groups -OCH3 is 1. The second-order valence-corrected chi connectivity index (χ2v) is 7.96. The van der Waals surface area contributed by atoms with Crippen LogP contribution in [0.25, 0.3) is 0 Å². The van der Waals surface area contributed by atoms with Gasteiger partial charge in [0.2, 0.25) is 0 Å².